The van der Waals surface area contributed by atoms with Gasteiger partial charge in [-0.2, -0.15) is 13.2 Å². The highest BCUT2D eigenvalue weighted by Crippen LogP contribution is 2.29. The molecule has 122 valence electrons. The third kappa shape index (κ3) is 3.68. The van der Waals surface area contributed by atoms with Crippen LogP contribution in [0.5, 0.6) is 0 Å². The van der Waals surface area contributed by atoms with E-state index < -0.39 is 35.5 Å². The summed E-state index contributed by atoms with van der Waals surface area (Å²) in [5.41, 5.74) is -2.59. The number of aromatic nitrogens is 2. The van der Waals surface area contributed by atoms with Gasteiger partial charge in [0.15, 0.2) is 5.69 Å². The van der Waals surface area contributed by atoms with Crippen molar-refractivity contribution in [2.45, 2.75) is 6.18 Å². The van der Waals surface area contributed by atoms with Crippen molar-refractivity contribution in [2.24, 2.45) is 4.99 Å². The number of alkyl halides is 3. The van der Waals surface area contributed by atoms with Crippen LogP contribution in [0.2, 0.25) is 0 Å². The number of hydrogen-bond donors (Lipinski definition) is 1. The summed E-state index contributed by atoms with van der Waals surface area (Å²) >= 11 is 0. The Balaban J connectivity index is 2.50. The molecule has 0 unspecified atom stereocenters. The van der Waals surface area contributed by atoms with Gasteiger partial charge in [0.2, 0.25) is 0 Å². The third-order valence-electron chi connectivity index (χ3n) is 2.89. The van der Waals surface area contributed by atoms with Gasteiger partial charge in [-0.3, -0.25) is 19.7 Å². The zero-order valence-corrected chi connectivity index (χ0v) is 11.9. The summed E-state index contributed by atoms with van der Waals surface area (Å²) in [6.45, 7) is -0.482. The number of halogens is 3. The van der Waals surface area contributed by atoms with Crippen LogP contribution in [0.15, 0.2) is 40.1 Å². The maximum atomic E-state index is 13.1. The van der Waals surface area contributed by atoms with E-state index in [2.05, 4.69) is 9.73 Å². The van der Waals surface area contributed by atoms with Crippen molar-refractivity contribution < 1.29 is 22.7 Å². The molecule has 0 aliphatic heterocycles. The molecule has 1 heterocycles. The van der Waals surface area contributed by atoms with Crippen LogP contribution in [0.3, 0.4) is 0 Å². The lowest BCUT2D eigenvalue weighted by atomic mass is 10.2. The van der Waals surface area contributed by atoms with Crippen LogP contribution in [0.25, 0.3) is 5.69 Å². The van der Waals surface area contributed by atoms with E-state index in [9.17, 15) is 22.8 Å². The number of carbonyl (C=O) groups excluding carboxylic acids is 1. The first-order valence-corrected chi connectivity index (χ1v) is 6.39. The number of H-pyrrole nitrogens is 1. The standard InChI is InChI=1S/C14H12F3N3O3/c1-23-11(21)8-18-7-10-12(14(15,16)17)19-20(13(10)22)9-5-3-2-4-6-9/h2-7,19H,8H2,1H3. The topological polar surface area (TPSA) is 76.4 Å². The number of hydrogen-bond acceptors (Lipinski definition) is 4. The summed E-state index contributed by atoms with van der Waals surface area (Å²) < 4.78 is 44.3. The van der Waals surface area contributed by atoms with Gasteiger partial charge in [-0.25, -0.2) is 4.68 Å². The fourth-order valence-corrected chi connectivity index (χ4v) is 1.82. The van der Waals surface area contributed by atoms with Crippen molar-refractivity contribution in [3.05, 3.63) is 51.9 Å². The Hall–Kier alpha value is -2.84. The second-order valence-corrected chi connectivity index (χ2v) is 4.42. The van der Waals surface area contributed by atoms with Gasteiger partial charge in [0.1, 0.15) is 6.54 Å². The first-order chi connectivity index (χ1) is 10.8. The molecule has 0 amide bonds. The molecule has 0 radical (unpaired) electrons. The molecule has 1 aromatic heterocycles. The quantitative estimate of drug-likeness (QED) is 0.687. The van der Waals surface area contributed by atoms with E-state index >= 15 is 0 Å². The predicted octanol–water partition coefficient (Wildman–Crippen LogP) is 1.78. The van der Waals surface area contributed by atoms with E-state index in [-0.39, 0.29) is 5.69 Å². The average Bonchev–Trinajstić information content (AvgIpc) is 2.85. The number of nitrogens with zero attached hydrogens (tertiary/aromatic N) is 2. The fourth-order valence-electron chi connectivity index (χ4n) is 1.82. The monoisotopic (exact) mass is 327 g/mol. The summed E-state index contributed by atoms with van der Waals surface area (Å²) in [6.07, 6.45) is -4.05. The first kappa shape index (κ1) is 16.5. The van der Waals surface area contributed by atoms with Gasteiger partial charge < -0.3 is 4.74 Å². The van der Waals surface area contributed by atoms with Gasteiger partial charge in [0.25, 0.3) is 5.56 Å². The number of carbonyl (C=O) groups is 1. The lowest BCUT2D eigenvalue weighted by Crippen LogP contribution is -2.17. The van der Waals surface area contributed by atoms with Gasteiger partial charge in [0.05, 0.1) is 18.4 Å². The summed E-state index contributed by atoms with van der Waals surface area (Å²) in [4.78, 5) is 26.7. The van der Waals surface area contributed by atoms with E-state index in [0.717, 1.165) is 18.0 Å². The van der Waals surface area contributed by atoms with Crippen molar-refractivity contribution in [2.75, 3.05) is 13.7 Å². The molecular weight excluding hydrogens is 315 g/mol. The molecule has 2 rings (SSSR count). The van der Waals surface area contributed by atoms with Crippen LogP contribution in [0, 0.1) is 0 Å². The number of ether oxygens (including phenoxy) is 1. The Kier molecular flexibility index (Phi) is 4.68. The Morgan fingerprint density at radius 1 is 1.35 bits per heavy atom. The highest BCUT2D eigenvalue weighted by molar-refractivity contribution is 5.83. The largest absolute Gasteiger partial charge is 0.468 e. The average molecular weight is 327 g/mol. The summed E-state index contributed by atoms with van der Waals surface area (Å²) in [5.74, 6) is -0.728. The second-order valence-electron chi connectivity index (χ2n) is 4.42. The van der Waals surface area contributed by atoms with Crippen molar-refractivity contribution in [1.29, 1.82) is 0 Å². The van der Waals surface area contributed by atoms with Crippen LogP contribution in [-0.2, 0) is 15.7 Å². The smallest absolute Gasteiger partial charge is 0.433 e. The van der Waals surface area contributed by atoms with Gasteiger partial charge in [-0.05, 0) is 12.1 Å². The minimum atomic E-state index is -4.77. The molecule has 0 bridgehead atoms. The molecule has 9 heteroatoms. The molecule has 0 saturated carbocycles. The van der Waals surface area contributed by atoms with Crippen LogP contribution in [0.1, 0.15) is 11.3 Å². The number of esters is 1. The van der Waals surface area contributed by atoms with Gasteiger partial charge >= 0.3 is 12.1 Å². The molecule has 1 aromatic carbocycles. The minimum Gasteiger partial charge on any atom is -0.468 e. The van der Waals surface area contributed by atoms with E-state index in [1.165, 1.54) is 12.1 Å². The number of aliphatic imine (C=N–C) groups is 1. The molecule has 0 fully saturated rings. The van der Waals surface area contributed by atoms with Crippen molar-refractivity contribution in [3.8, 4) is 5.69 Å². The van der Waals surface area contributed by atoms with Gasteiger partial charge in [-0.1, -0.05) is 18.2 Å². The predicted molar refractivity (Wildman–Crippen MR) is 75.9 cm³/mol. The van der Waals surface area contributed by atoms with Crippen LogP contribution >= 0.6 is 0 Å². The fraction of sp³-hybridized carbons (Fsp3) is 0.214. The normalized spacial score (nSPS) is 11.8. The molecule has 6 nitrogen and oxygen atoms in total. The number of aromatic amines is 1. The Bertz CT molecular complexity index is 776. The molecular formula is C14H12F3N3O3. The van der Waals surface area contributed by atoms with Crippen molar-refractivity contribution in [3.63, 3.8) is 0 Å². The Morgan fingerprint density at radius 2 is 2.00 bits per heavy atom. The summed E-state index contributed by atoms with van der Waals surface area (Å²) in [5, 5.41) is 2.03. The SMILES string of the molecule is COC(=O)CN=Cc1c(C(F)(F)F)[nH]n(-c2ccccc2)c1=O. The Morgan fingerprint density at radius 3 is 2.57 bits per heavy atom. The molecule has 23 heavy (non-hydrogen) atoms. The highest BCUT2D eigenvalue weighted by atomic mass is 19.4. The van der Waals surface area contributed by atoms with E-state index in [1.54, 1.807) is 18.2 Å². The van der Waals surface area contributed by atoms with Gasteiger partial charge in [0, 0.05) is 6.21 Å². The molecule has 0 spiro atoms. The third-order valence-corrected chi connectivity index (χ3v) is 2.89. The van der Waals surface area contributed by atoms with Crippen LogP contribution < -0.4 is 5.56 Å². The summed E-state index contributed by atoms with van der Waals surface area (Å²) in [6, 6.07) is 7.80. The lowest BCUT2D eigenvalue weighted by molar-refractivity contribution is -0.141. The number of para-hydroxylation sites is 1. The van der Waals surface area contributed by atoms with E-state index in [0.29, 0.717) is 0 Å². The molecule has 0 atom stereocenters. The first-order valence-electron chi connectivity index (χ1n) is 6.39. The minimum absolute atomic E-state index is 0.246. The molecule has 0 aliphatic carbocycles. The Labute approximate surface area is 128 Å². The zero-order chi connectivity index (χ0) is 17.0. The van der Waals surface area contributed by atoms with Crippen LogP contribution in [-0.4, -0.2) is 35.6 Å². The number of methoxy groups -OCH3 is 1. The lowest BCUT2D eigenvalue weighted by Gasteiger charge is -2.04. The maximum absolute atomic E-state index is 13.1. The summed E-state index contributed by atoms with van der Waals surface area (Å²) in [7, 11) is 1.12. The van der Waals surface area contributed by atoms with Gasteiger partial charge in [-0.15, -0.1) is 0 Å². The number of nitrogens with one attached hydrogen (secondary N) is 1. The molecule has 0 saturated heterocycles. The molecule has 2 aromatic rings. The maximum Gasteiger partial charge on any atom is 0.433 e. The van der Waals surface area contributed by atoms with Crippen molar-refractivity contribution in [1.82, 2.24) is 9.78 Å². The zero-order valence-electron chi connectivity index (χ0n) is 11.9. The second kappa shape index (κ2) is 6.51. The molecule has 0 aliphatic rings. The number of rotatable bonds is 4. The number of benzene rings is 1. The van der Waals surface area contributed by atoms with Crippen molar-refractivity contribution >= 4 is 12.2 Å². The van der Waals surface area contributed by atoms with E-state index in [1.807, 2.05) is 5.10 Å². The van der Waals surface area contributed by atoms with E-state index in [4.69, 9.17) is 0 Å². The highest BCUT2D eigenvalue weighted by Gasteiger charge is 2.37. The molecule has 1 N–H and O–H groups in total. The van der Waals surface area contributed by atoms with Crippen LogP contribution in [0.4, 0.5) is 13.2 Å².